The molecule has 0 bridgehead atoms. The lowest BCUT2D eigenvalue weighted by molar-refractivity contribution is 0.0952. The van der Waals surface area contributed by atoms with Gasteiger partial charge in [0.05, 0.1) is 35.2 Å². The highest BCUT2D eigenvalue weighted by Gasteiger charge is 2.15. The average molecular weight is 563 g/mol. The maximum absolute atomic E-state index is 13.2. The van der Waals surface area contributed by atoms with Gasteiger partial charge in [-0.3, -0.25) is 4.79 Å². The Kier molecular flexibility index (Phi) is 6.02. The van der Waals surface area contributed by atoms with Crippen molar-refractivity contribution in [1.82, 2.24) is 25.3 Å². The second-order valence-corrected chi connectivity index (χ2v) is 9.23. The zero-order valence-electron chi connectivity index (χ0n) is 17.2. The standard InChI is InChI=1S/C25H17Br2N5O/c26-17-10-8-16(9-11-17)24-13-22(21-6-1-2-7-23(21)29-24)25(33)28-14-19-15-32(31-30-19)20-5-3-4-18(27)12-20/h1-13,15H,14H2,(H,28,33). The van der Waals surface area contributed by atoms with E-state index in [4.69, 9.17) is 4.98 Å². The molecule has 0 unspecified atom stereocenters. The van der Waals surface area contributed by atoms with Crippen molar-refractivity contribution in [3.63, 3.8) is 0 Å². The maximum atomic E-state index is 13.2. The summed E-state index contributed by atoms with van der Waals surface area (Å²) in [4.78, 5) is 17.9. The summed E-state index contributed by atoms with van der Waals surface area (Å²) in [6, 6.07) is 25.1. The van der Waals surface area contributed by atoms with E-state index in [1.54, 1.807) is 10.9 Å². The molecule has 0 spiro atoms. The first-order valence-corrected chi connectivity index (χ1v) is 11.8. The molecule has 0 saturated carbocycles. The third-order valence-corrected chi connectivity index (χ3v) is 6.17. The number of hydrogen-bond donors (Lipinski definition) is 1. The van der Waals surface area contributed by atoms with E-state index in [1.807, 2.05) is 78.9 Å². The highest BCUT2D eigenvalue weighted by Crippen LogP contribution is 2.26. The van der Waals surface area contributed by atoms with Crippen molar-refractivity contribution >= 4 is 48.7 Å². The number of para-hydroxylation sites is 1. The van der Waals surface area contributed by atoms with Crippen molar-refractivity contribution in [1.29, 1.82) is 0 Å². The second-order valence-electron chi connectivity index (χ2n) is 7.40. The molecule has 0 aliphatic heterocycles. The molecule has 5 rings (SSSR count). The lowest BCUT2D eigenvalue weighted by Crippen LogP contribution is -2.23. The SMILES string of the molecule is O=C(NCc1cn(-c2cccc(Br)c2)nn1)c1cc(-c2ccc(Br)cc2)nc2ccccc12. The monoisotopic (exact) mass is 561 g/mol. The number of carbonyl (C=O) groups excluding carboxylic acids is 1. The van der Waals surface area contributed by atoms with Crippen molar-refractivity contribution in [2.45, 2.75) is 6.54 Å². The molecule has 5 aromatic rings. The number of pyridine rings is 1. The molecule has 1 N–H and O–H groups in total. The Balaban J connectivity index is 1.41. The first kappa shape index (κ1) is 21.5. The molecule has 0 aliphatic carbocycles. The summed E-state index contributed by atoms with van der Waals surface area (Å²) in [7, 11) is 0. The lowest BCUT2D eigenvalue weighted by Gasteiger charge is -2.10. The fourth-order valence-corrected chi connectivity index (χ4v) is 4.17. The first-order chi connectivity index (χ1) is 16.1. The number of nitrogens with one attached hydrogen (secondary N) is 1. The predicted molar refractivity (Wildman–Crippen MR) is 135 cm³/mol. The molecule has 3 aromatic carbocycles. The molecular weight excluding hydrogens is 546 g/mol. The van der Waals surface area contributed by atoms with E-state index in [-0.39, 0.29) is 12.5 Å². The minimum atomic E-state index is -0.191. The summed E-state index contributed by atoms with van der Waals surface area (Å²) < 4.78 is 3.62. The smallest absolute Gasteiger partial charge is 0.252 e. The number of rotatable bonds is 5. The second kappa shape index (κ2) is 9.25. The topological polar surface area (TPSA) is 72.7 Å². The van der Waals surface area contributed by atoms with Crippen LogP contribution in [-0.4, -0.2) is 25.9 Å². The Hall–Kier alpha value is -3.36. The fraction of sp³-hybridized carbons (Fsp3) is 0.0400. The van der Waals surface area contributed by atoms with Crippen LogP contribution in [0.2, 0.25) is 0 Å². The van der Waals surface area contributed by atoms with E-state index in [2.05, 4.69) is 47.5 Å². The van der Waals surface area contributed by atoms with Crippen LogP contribution >= 0.6 is 31.9 Å². The number of nitrogens with zero attached hydrogens (tertiary/aromatic N) is 4. The van der Waals surface area contributed by atoms with Crippen molar-refractivity contribution < 1.29 is 4.79 Å². The fourth-order valence-electron chi connectivity index (χ4n) is 3.52. The molecule has 0 saturated heterocycles. The number of carbonyl (C=O) groups is 1. The van der Waals surface area contributed by atoms with E-state index in [9.17, 15) is 4.79 Å². The quantitative estimate of drug-likeness (QED) is 0.288. The summed E-state index contributed by atoms with van der Waals surface area (Å²) in [5.74, 6) is -0.191. The lowest BCUT2D eigenvalue weighted by atomic mass is 10.0. The van der Waals surface area contributed by atoms with Gasteiger partial charge < -0.3 is 5.32 Å². The van der Waals surface area contributed by atoms with Gasteiger partial charge in [-0.25, -0.2) is 9.67 Å². The van der Waals surface area contributed by atoms with Crippen LogP contribution in [0.25, 0.3) is 27.8 Å². The van der Waals surface area contributed by atoms with Gasteiger partial charge in [0.15, 0.2) is 0 Å². The Bertz CT molecular complexity index is 1460. The Morgan fingerprint density at radius 3 is 2.55 bits per heavy atom. The van der Waals surface area contributed by atoms with Gasteiger partial charge in [0, 0.05) is 19.9 Å². The number of amides is 1. The molecule has 0 fully saturated rings. The normalized spacial score (nSPS) is 11.0. The zero-order valence-corrected chi connectivity index (χ0v) is 20.4. The van der Waals surface area contributed by atoms with Crippen LogP contribution in [0.15, 0.2) is 94.0 Å². The van der Waals surface area contributed by atoms with E-state index in [0.717, 1.165) is 36.8 Å². The largest absolute Gasteiger partial charge is 0.346 e. The van der Waals surface area contributed by atoms with Gasteiger partial charge in [-0.2, -0.15) is 0 Å². The van der Waals surface area contributed by atoms with E-state index < -0.39 is 0 Å². The highest BCUT2D eigenvalue weighted by atomic mass is 79.9. The summed E-state index contributed by atoms with van der Waals surface area (Å²) in [6.07, 6.45) is 1.81. The Morgan fingerprint density at radius 1 is 0.909 bits per heavy atom. The molecule has 0 atom stereocenters. The van der Waals surface area contributed by atoms with Crippen LogP contribution in [0.1, 0.15) is 16.1 Å². The van der Waals surface area contributed by atoms with Gasteiger partial charge in [0.2, 0.25) is 0 Å². The summed E-state index contributed by atoms with van der Waals surface area (Å²) in [6.45, 7) is 0.261. The van der Waals surface area contributed by atoms with E-state index in [0.29, 0.717) is 11.3 Å². The van der Waals surface area contributed by atoms with Gasteiger partial charge in [-0.05, 0) is 42.5 Å². The number of aromatic nitrogens is 4. The van der Waals surface area contributed by atoms with Gasteiger partial charge in [0.1, 0.15) is 5.69 Å². The van der Waals surface area contributed by atoms with Crippen LogP contribution in [0.3, 0.4) is 0 Å². The third-order valence-electron chi connectivity index (χ3n) is 5.14. The third kappa shape index (κ3) is 4.72. The van der Waals surface area contributed by atoms with Crippen molar-refractivity contribution in [2.75, 3.05) is 0 Å². The van der Waals surface area contributed by atoms with Crippen LogP contribution < -0.4 is 5.32 Å². The molecule has 8 heteroatoms. The molecule has 162 valence electrons. The molecule has 0 aliphatic rings. The van der Waals surface area contributed by atoms with Gasteiger partial charge in [0.25, 0.3) is 5.91 Å². The maximum Gasteiger partial charge on any atom is 0.252 e. The molecule has 0 radical (unpaired) electrons. The molecule has 33 heavy (non-hydrogen) atoms. The Morgan fingerprint density at radius 2 is 1.73 bits per heavy atom. The number of hydrogen-bond acceptors (Lipinski definition) is 4. The minimum Gasteiger partial charge on any atom is -0.346 e. The summed E-state index contributed by atoms with van der Waals surface area (Å²) >= 11 is 6.92. The van der Waals surface area contributed by atoms with Crippen molar-refractivity contribution in [2.24, 2.45) is 0 Å². The van der Waals surface area contributed by atoms with Crippen LogP contribution in [-0.2, 0) is 6.54 Å². The van der Waals surface area contributed by atoms with Gasteiger partial charge in [-0.1, -0.05) is 73.5 Å². The predicted octanol–water partition coefficient (Wildman–Crippen LogP) is 5.94. The summed E-state index contributed by atoms with van der Waals surface area (Å²) in [5, 5.41) is 12.1. The Labute approximate surface area is 206 Å². The van der Waals surface area contributed by atoms with Crippen LogP contribution in [0.4, 0.5) is 0 Å². The zero-order chi connectivity index (χ0) is 22.8. The van der Waals surface area contributed by atoms with Gasteiger partial charge in [-0.15, -0.1) is 5.10 Å². The highest BCUT2D eigenvalue weighted by molar-refractivity contribution is 9.10. The van der Waals surface area contributed by atoms with Crippen LogP contribution in [0.5, 0.6) is 0 Å². The number of benzene rings is 3. The molecule has 2 heterocycles. The van der Waals surface area contributed by atoms with E-state index in [1.165, 1.54) is 0 Å². The molecule has 2 aromatic heterocycles. The minimum absolute atomic E-state index is 0.191. The van der Waals surface area contributed by atoms with Crippen molar-refractivity contribution in [3.05, 3.63) is 105 Å². The van der Waals surface area contributed by atoms with Crippen molar-refractivity contribution in [3.8, 4) is 16.9 Å². The molecular formula is C25H17Br2N5O. The first-order valence-electron chi connectivity index (χ1n) is 10.2. The molecule has 6 nitrogen and oxygen atoms in total. The van der Waals surface area contributed by atoms with Gasteiger partial charge >= 0.3 is 0 Å². The van der Waals surface area contributed by atoms with Crippen LogP contribution in [0, 0.1) is 0 Å². The summed E-state index contributed by atoms with van der Waals surface area (Å²) in [5.41, 5.74) is 4.56. The average Bonchev–Trinajstić information content (AvgIpc) is 3.31. The molecule has 1 amide bonds. The number of halogens is 2. The van der Waals surface area contributed by atoms with E-state index >= 15 is 0 Å². The number of fused-ring (bicyclic) bond motifs is 1.